The van der Waals surface area contributed by atoms with E-state index in [1.54, 1.807) is 16.7 Å². The van der Waals surface area contributed by atoms with Gasteiger partial charge in [0, 0.05) is 44.3 Å². The monoisotopic (exact) mass is 1200 g/mol. The average molecular weight is 1200 g/mol. The van der Waals surface area contributed by atoms with Gasteiger partial charge in [-0.25, -0.2) is 0 Å². The van der Waals surface area contributed by atoms with E-state index in [0.29, 0.717) is 23.7 Å². The molecule has 0 spiro atoms. The number of nitrogens with zero attached hydrogens (tertiary/aromatic N) is 2. The topological polar surface area (TPSA) is 6.48 Å². The van der Waals surface area contributed by atoms with Gasteiger partial charge in [-0.05, 0) is 257 Å². The van der Waals surface area contributed by atoms with Gasteiger partial charge in [-0.15, -0.1) is 0 Å². The summed E-state index contributed by atoms with van der Waals surface area (Å²) in [6.07, 6.45) is 13.8. The first-order chi connectivity index (χ1) is 41.4. The van der Waals surface area contributed by atoms with Gasteiger partial charge in [0.2, 0.25) is 0 Å². The third-order valence-electron chi connectivity index (χ3n) is 21.9. The summed E-state index contributed by atoms with van der Waals surface area (Å²) in [4.78, 5) is 5.67. The van der Waals surface area contributed by atoms with Gasteiger partial charge >= 0.3 is 0 Å². The van der Waals surface area contributed by atoms with E-state index in [1.807, 2.05) is 0 Å². The van der Waals surface area contributed by atoms with Crippen molar-refractivity contribution in [1.29, 1.82) is 0 Å². The number of rotatable bonds is 7. The quantitative estimate of drug-likeness (QED) is 0.116. The molecule has 4 aliphatic rings. The van der Waals surface area contributed by atoms with Crippen LogP contribution in [-0.2, 0) is 43.3 Å². The molecule has 11 rings (SSSR count). The minimum Gasteiger partial charge on any atom is -0.309 e. The summed E-state index contributed by atoms with van der Waals surface area (Å²) >= 11 is 0. The Labute approximate surface area is 548 Å². The van der Waals surface area contributed by atoms with Gasteiger partial charge in [0.1, 0.15) is 0 Å². The minimum atomic E-state index is -0.106. The van der Waals surface area contributed by atoms with E-state index in [4.69, 9.17) is 0 Å². The Morgan fingerprint density at radius 2 is 0.678 bits per heavy atom. The van der Waals surface area contributed by atoms with Crippen molar-refractivity contribution in [3.05, 3.63) is 169 Å². The third kappa shape index (κ3) is 12.8. The highest BCUT2D eigenvalue weighted by Crippen LogP contribution is 2.59. The Morgan fingerprint density at radius 3 is 1.02 bits per heavy atom. The fourth-order valence-electron chi connectivity index (χ4n) is 16.0. The maximum atomic E-state index is 2.85. The van der Waals surface area contributed by atoms with Crippen LogP contribution >= 0.6 is 0 Å². The highest BCUT2D eigenvalue weighted by Gasteiger charge is 2.39. The van der Waals surface area contributed by atoms with Crippen LogP contribution in [0.2, 0.25) is 0 Å². The molecule has 0 heterocycles. The zero-order chi connectivity index (χ0) is 65.7. The second kappa shape index (κ2) is 22.6. The molecule has 5 unspecified atom stereocenters. The molecule has 0 radical (unpaired) electrons. The van der Waals surface area contributed by atoms with E-state index in [2.05, 4.69) is 293 Å². The van der Waals surface area contributed by atoms with Crippen LogP contribution in [0, 0.1) is 11.8 Å². The van der Waals surface area contributed by atoms with E-state index < -0.39 is 0 Å². The van der Waals surface area contributed by atoms with Gasteiger partial charge in [0.15, 0.2) is 0 Å². The molecule has 5 atom stereocenters. The smallest absolute Gasteiger partial charge is 0.0620 e. The lowest BCUT2D eigenvalue weighted by Crippen LogP contribution is -2.23. The van der Waals surface area contributed by atoms with Crippen LogP contribution in [0.1, 0.15) is 322 Å². The average Bonchev–Trinajstić information content (AvgIpc) is 0.801. The van der Waals surface area contributed by atoms with Crippen molar-refractivity contribution >= 4 is 61.7 Å². The van der Waals surface area contributed by atoms with Crippen molar-refractivity contribution in [2.45, 2.75) is 299 Å². The van der Waals surface area contributed by atoms with Crippen molar-refractivity contribution < 1.29 is 0 Å². The van der Waals surface area contributed by atoms with Crippen molar-refractivity contribution in [1.82, 2.24) is 0 Å². The summed E-state index contributed by atoms with van der Waals surface area (Å²) in [5, 5.41) is 5.40. The van der Waals surface area contributed by atoms with Crippen LogP contribution in [0.3, 0.4) is 0 Å². The summed E-state index contributed by atoms with van der Waals surface area (Å²) < 4.78 is 0. The van der Waals surface area contributed by atoms with Crippen molar-refractivity contribution in [3.8, 4) is 0 Å². The lowest BCUT2D eigenvalue weighted by molar-refractivity contribution is 0.303. The van der Waals surface area contributed by atoms with E-state index in [1.165, 1.54) is 156 Å². The van der Waals surface area contributed by atoms with Gasteiger partial charge in [-0.2, -0.15) is 0 Å². The van der Waals surface area contributed by atoms with Crippen molar-refractivity contribution in [2.75, 3.05) is 9.80 Å². The molecule has 0 aliphatic heterocycles. The summed E-state index contributed by atoms with van der Waals surface area (Å²) in [6, 6.07) is 42.1. The SMILES string of the molecule is CCC1CC2CCCC(C2)c2cc3c(N(c4cc(C(C)(C)C)cc(C(C)(C)C)c4)c4cc(C(C)(C)C)cc(C(C)(C)C)c4)c4cc5c(cc4c(N(c4cc(C(C)(C)C)cc(C(C)(C)C)c4)c4cc(C(C)(C)C)cc(C(C)(C)C)c4)c3cc21)C1CC(=C5)CC(C)C1. The predicted molar refractivity (Wildman–Crippen MR) is 397 cm³/mol. The van der Waals surface area contributed by atoms with Crippen LogP contribution in [0.5, 0.6) is 0 Å². The largest absolute Gasteiger partial charge is 0.309 e. The standard InChI is InChI=1S/C88H118N2/c1-27-56-33-54-29-28-30-57(34-54)74-52-78-77(51-73(56)74)80(90(70-46-64(85(15,16)17)40-65(47-70)86(18,19)20)71-48-66(87(21,22)23)41-67(49-71)88(24,25)26)76-50-72-58-32-53(2)31-55(35-58)36-59(72)37-75(76)79(78)89(68-42-60(81(3,4)5)38-61(43-68)82(6,7)8)69-44-62(83(9,10)11)39-63(45-69)84(12,13)14/h36-54,56-58H,27-35H2,1-26H3. The predicted octanol–water partition coefficient (Wildman–Crippen LogP) is 26.8. The molecule has 2 fully saturated rings. The Kier molecular flexibility index (Phi) is 16.5. The molecule has 7 aromatic carbocycles. The molecule has 0 saturated heterocycles. The van der Waals surface area contributed by atoms with Crippen LogP contribution in [0.25, 0.3) is 27.6 Å². The van der Waals surface area contributed by atoms with Gasteiger partial charge in [0.25, 0.3) is 0 Å². The minimum absolute atomic E-state index is 0.106. The molecule has 480 valence electrons. The summed E-state index contributed by atoms with van der Waals surface area (Å²) in [5.74, 6) is 2.86. The third-order valence-corrected chi connectivity index (χ3v) is 21.9. The molecule has 0 amide bonds. The number of benzene rings is 7. The number of fused-ring (bicyclic) bond motifs is 10. The van der Waals surface area contributed by atoms with Gasteiger partial charge in [0.05, 0.1) is 11.4 Å². The van der Waals surface area contributed by atoms with E-state index >= 15 is 0 Å². The Hall–Kier alpha value is -5.60. The number of anilines is 6. The zero-order valence-corrected chi connectivity index (χ0v) is 61.5. The molecule has 90 heavy (non-hydrogen) atoms. The first-order valence-corrected chi connectivity index (χ1v) is 35.5. The Bertz CT molecular complexity index is 3660. The van der Waals surface area contributed by atoms with Gasteiger partial charge < -0.3 is 9.80 Å². The zero-order valence-electron chi connectivity index (χ0n) is 61.5. The molecule has 4 bridgehead atoms. The van der Waals surface area contributed by atoms with Crippen molar-refractivity contribution in [3.63, 3.8) is 0 Å². The summed E-state index contributed by atoms with van der Waals surface area (Å²) in [6.45, 7) is 63.1. The highest BCUT2D eigenvalue weighted by atomic mass is 15.2. The lowest BCUT2D eigenvalue weighted by atomic mass is 9.70. The molecule has 7 aromatic rings. The van der Waals surface area contributed by atoms with Gasteiger partial charge in [-0.3, -0.25) is 0 Å². The van der Waals surface area contributed by atoms with Crippen LogP contribution in [0.4, 0.5) is 34.1 Å². The molecule has 0 N–H and O–H groups in total. The Balaban J connectivity index is 1.46. The van der Waals surface area contributed by atoms with Crippen LogP contribution in [0.15, 0.2) is 103 Å². The number of hydrogen-bond acceptors (Lipinski definition) is 2. The van der Waals surface area contributed by atoms with E-state index in [-0.39, 0.29) is 43.3 Å². The highest BCUT2D eigenvalue weighted by molar-refractivity contribution is 6.24. The number of hydrogen-bond donors (Lipinski definition) is 0. The maximum absolute atomic E-state index is 2.85. The van der Waals surface area contributed by atoms with Crippen LogP contribution < -0.4 is 9.80 Å². The second-order valence-electron chi connectivity index (χ2n) is 37.8. The lowest BCUT2D eigenvalue weighted by Gasteiger charge is -2.39. The maximum Gasteiger partial charge on any atom is 0.0620 e. The molecule has 2 nitrogen and oxygen atoms in total. The molecule has 2 saturated carbocycles. The molecule has 0 aromatic heterocycles. The fourth-order valence-corrected chi connectivity index (χ4v) is 16.0. The van der Waals surface area contributed by atoms with Crippen molar-refractivity contribution in [2.24, 2.45) is 11.8 Å². The normalized spacial score (nSPS) is 20.2. The fraction of sp³-hybridized carbons (Fsp3) is 0.545. The van der Waals surface area contributed by atoms with E-state index in [0.717, 1.165) is 18.8 Å². The molecule has 4 aliphatic carbocycles. The molecular formula is C88H118N2. The number of allylic oxidation sites excluding steroid dienone is 1. The van der Waals surface area contributed by atoms with E-state index in [9.17, 15) is 0 Å². The second-order valence-corrected chi connectivity index (χ2v) is 37.8. The summed E-state index contributed by atoms with van der Waals surface area (Å²) in [7, 11) is 0. The van der Waals surface area contributed by atoms with Crippen LogP contribution in [-0.4, -0.2) is 0 Å². The molecular weight excluding hydrogens is 1080 g/mol. The first-order valence-electron chi connectivity index (χ1n) is 35.5. The first kappa shape index (κ1) is 65.9. The van der Waals surface area contributed by atoms with Gasteiger partial charge in [-0.1, -0.05) is 229 Å². The summed E-state index contributed by atoms with van der Waals surface area (Å²) in [5.41, 5.74) is 25.5. The Morgan fingerprint density at radius 1 is 0.344 bits per heavy atom. The molecule has 2 heteroatoms.